The highest BCUT2D eigenvalue weighted by molar-refractivity contribution is 6.30. The maximum atomic E-state index is 6.03. The SMILES string of the molecule is CC(Cc1nnc(-c2ccncc2)n1C)c1nnc(-c2cccc(Cl)c2)o1. The minimum absolute atomic E-state index is 0.00127. The van der Waals surface area contributed by atoms with Crippen LogP contribution in [0.1, 0.15) is 24.6 Å². The van der Waals surface area contributed by atoms with Gasteiger partial charge in [0, 0.05) is 47.9 Å². The van der Waals surface area contributed by atoms with Crippen molar-refractivity contribution in [1.29, 1.82) is 0 Å². The quantitative estimate of drug-likeness (QED) is 0.521. The van der Waals surface area contributed by atoms with Crippen LogP contribution in [0.25, 0.3) is 22.8 Å². The Labute approximate surface area is 161 Å². The third-order valence-corrected chi connectivity index (χ3v) is 4.56. The van der Waals surface area contributed by atoms with Gasteiger partial charge in [-0.3, -0.25) is 4.98 Å². The van der Waals surface area contributed by atoms with E-state index in [9.17, 15) is 0 Å². The predicted molar refractivity (Wildman–Crippen MR) is 101 cm³/mol. The Balaban J connectivity index is 1.53. The van der Waals surface area contributed by atoms with Gasteiger partial charge in [0.25, 0.3) is 0 Å². The monoisotopic (exact) mass is 380 g/mol. The lowest BCUT2D eigenvalue weighted by molar-refractivity contribution is 0.460. The molecule has 27 heavy (non-hydrogen) atoms. The summed E-state index contributed by atoms with van der Waals surface area (Å²) >= 11 is 6.03. The standard InChI is InChI=1S/C19H17ClN6O/c1-12(18-24-25-19(27-18)14-4-3-5-15(20)11-14)10-16-22-23-17(26(16)2)13-6-8-21-9-7-13/h3-9,11-12H,10H2,1-2H3. The Morgan fingerprint density at radius 3 is 2.63 bits per heavy atom. The van der Waals surface area contributed by atoms with Gasteiger partial charge in [0.2, 0.25) is 11.8 Å². The fourth-order valence-electron chi connectivity index (χ4n) is 2.82. The maximum Gasteiger partial charge on any atom is 0.247 e. The van der Waals surface area contributed by atoms with Gasteiger partial charge in [-0.1, -0.05) is 24.6 Å². The summed E-state index contributed by atoms with van der Waals surface area (Å²) in [6, 6.07) is 11.2. The highest BCUT2D eigenvalue weighted by atomic mass is 35.5. The molecule has 0 aliphatic carbocycles. The normalized spacial score (nSPS) is 12.3. The van der Waals surface area contributed by atoms with Gasteiger partial charge in [0.15, 0.2) is 5.82 Å². The molecular formula is C19H17ClN6O. The number of rotatable bonds is 5. The first-order chi connectivity index (χ1) is 13.1. The average Bonchev–Trinajstić information content (AvgIpc) is 3.31. The van der Waals surface area contributed by atoms with Gasteiger partial charge in [0.05, 0.1) is 0 Å². The lowest BCUT2D eigenvalue weighted by atomic mass is 10.1. The second-order valence-corrected chi connectivity index (χ2v) is 6.73. The minimum atomic E-state index is -0.00127. The number of hydrogen-bond donors (Lipinski definition) is 0. The van der Waals surface area contributed by atoms with E-state index in [1.807, 2.05) is 42.8 Å². The third kappa shape index (κ3) is 3.59. The number of nitrogens with zero attached hydrogens (tertiary/aromatic N) is 6. The summed E-state index contributed by atoms with van der Waals surface area (Å²) < 4.78 is 7.82. The van der Waals surface area contributed by atoms with Gasteiger partial charge < -0.3 is 8.98 Å². The molecule has 4 rings (SSSR count). The van der Waals surface area contributed by atoms with Gasteiger partial charge in [-0.2, -0.15) is 0 Å². The molecule has 0 saturated heterocycles. The highest BCUT2D eigenvalue weighted by Gasteiger charge is 2.19. The number of hydrogen-bond acceptors (Lipinski definition) is 6. The fourth-order valence-corrected chi connectivity index (χ4v) is 3.01. The minimum Gasteiger partial charge on any atom is -0.420 e. The summed E-state index contributed by atoms with van der Waals surface area (Å²) in [5.41, 5.74) is 1.77. The molecule has 3 aromatic heterocycles. The average molecular weight is 381 g/mol. The van der Waals surface area contributed by atoms with Crippen molar-refractivity contribution >= 4 is 11.6 Å². The summed E-state index contributed by atoms with van der Waals surface area (Å²) in [4.78, 5) is 4.03. The first kappa shape index (κ1) is 17.4. The third-order valence-electron chi connectivity index (χ3n) is 4.33. The van der Waals surface area contributed by atoms with Gasteiger partial charge in [-0.15, -0.1) is 20.4 Å². The molecule has 0 bridgehead atoms. The Bertz CT molecular complexity index is 1060. The van der Waals surface area contributed by atoms with Crippen LogP contribution in [-0.4, -0.2) is 29.9 Å². The molecule has 0 aliphatic heterocycles. The van der Waals surface area contributed by atoms with Crippen LogP contribution in [0.2, 0.25) is 5.02 Å². The van der Waals surface area contributed by atoms with E-state index >= 15 is 0 Å². The number of benzene rings is 1. The van der Waals surface area contributed by atoms with E-state index in [2.05, 4.69) is 25.4 Å². The van der Waals surface area contributed by atoms with Crippen LogP contribution < -0.4 is 0 Å². The van der Waals surface area contributed by atoms with Crippen molar-refractivity contribution in [3.8, 4) is 22.8 Å². The molecule has 1 atom stereocenters. The molecule has 7 nitrogen and oxygen atoms in total. The van der Waals surface area contributed by atoms with E-state index in [0.717, 1.165) is 22.8 Å². The Kier molecular flexibility index (Phi) is 4.68. The van der Waals surface area contributed by atoms with Crippen molar-refractivity contribution in [3.05, 3.63) is 65.5 Å². The first-order valence-electron chi connectivity index (χ1n) is 8.50. The second-order valence-electron chi connectivity index (χ2n) is 6.30. The molecule has 4 aromatic rings. The number of pyridine rings is 1. The summed E-state index contributed by atoms with van der Waals surface area (Å²) in [5.74, 6) is 2.65. The van der Waals surface area contributed by atoms with Crippen LogP contribution in [0.3, 0.4) is 0 Å². The van der Waals surface area contributed by atoms with Crippen molar-refractivity contribution in [2.45, 2.75) is 19.3 Å². The molecule has 8 heteroatoms. The van der Waals surface area contributed by atoms with Crippen LogP contribution in [0.15, 0.2) is 53.2 Å². The van der Waals surface area contributed by atoms with Gasteiger partial charge in [0.1, 0.15) is 5.82 Å². The molecule has 136 valence electrons. The zero-order valence-corrected chi connectivity index (χ0v) is 15.6. The highest BCUT2D eigenvalue weighted by Crippen LogP contribution is 2.26. The lowest BCUT2D eigenvalue weighted by Gasteiger charge is -2.07. The predicted octanol–water partition coefficient (Wildman–Crippen LogP) is 3.93. The molecule has 1 unspecified atom stereocenters. The second kappa shape index (κ2) is 7.28. The molecule has 0 amide bonds. The van der Waals surface area contributed by atoms with E-state index < -0.39 is 0 Å². The van der Waals surface area contributed by atoms with Gasteiger partial charge in [-0.25, -0.2) is 0 Å². The summed E-state index contributed by atoms with van der Waals surface area (Å²) in [5, 5.41) is 17.6. The van der Waals surface area contributed by atoms with E-state index in [-0.39, 0.29) is 5.92 Å². The van der Waals surface area contributed by atoms with E-state index in [1.54, 1.807) is 24.5 Å². The van der Waals surface area contributed by atoms with Crippen molar-refractivity contribution in [2.24, 2.45) is 7.05 Å². The number of halogens is 1. The van der Waals surface area contributed by atoms with Crippen molar-refractivity contribution in [2.75, 3.05) is 0 Å². The zero-order chi connectivity index (χ0) is 18.8. The molecule has 0 N–H and O–H groups in total. The van der Waals surface area contributed by atoms with Crippen LogP contribution in [0.4, 0.5) is 0 Å². The van der Waals surface area contributed by atoms with Crippen LogP contribution in [-0.2, 0) is 13.5 Å². The van der Waals surface area contributed by atoms with Crippen molar-refractivity contribution in [3.63, 3.8) is 0 Å². The fraction of sp³-hybridized carbons (Fsp3) is 0.211. The molecule has 0 fully saturated rings. The topological polar surface area (TPSA) is 82.5 Å². The Morgan fingerprint density at radius 1 is 1.04 bits per heavy atom. The smallest absolute Gasteiger partial charge is 0.247 e. The van der Waals surface area contributed by atoms with E-state index in [4.69, 9.17) is 16.0 Å². The molecule has 1 aromatic carbocycles. The van der Waals surface area contributed by atoms with E-state index in [1.165, 1.54) is 0 Å². The number of aromatic nitrogens is 6. The molecule has 0 saturated carbocycles. The largest absolute Gasteiger partial charge is 0.420 e. The maximum absolute atomic E-state index is 6.03. The Hall–Kier alpha value is -3.06. The van der Waals surface area contributed by atoms with Crippen LogP contribution in [0.5, 0.6) is 0 Å². The van der Waals surface area contributed by atoms with Crippen LogP contribution >= 0.6 is 11.6 Å². The lowest BCUT2D eigenvalue weighted by Crippen LogP contribution is -2.06. The summed E-state index contributed by atoms with van der Waals surface area (Å²) in [6.45, 7) is 2.02. The van der Waals surface area contributed by atoms with Crippen molar-refractivity contribution in [1.82, 2.24) is 29.9 Å². The zero-order valence-electron chi connectivity index (χ0n) is 14.9. The molecule has 0 aliphatic rings. The van der Waals surface area contributed by atoms with Gasteiger partial charge >= 0.3 is 0 Å². The van der Waals surface area contributed by atoms with Gasteiger partial charge in [-0.05, 0) is 30.3 Å². The van der Waals surface area contributed by atoms with Crippen molar-refractivity contribution < 1.29 is 4.42 Å². The summed E-state index contributed by atoms with van der Waals surface area (Å²) in [6.07, 6.45) is 4.11. The molecular weight excluding hydrogens is 364 g/mol. The van der Waals surface area contributed by atoms with E-state index in [0.29, 0.717) is 23.2 Å². The molecule has 3 heterocycles. The summed E-state index contributed by atoms with van der Waals surface area (Å²) in [7, 11) is 1.95. The van der Waals surface area contributed by atoms with Crippen LogP contribution in [0, 0.1) is 0 Å². The Morgan fingerprint density at radius 2 is 1.85 bits per heavy atom. The first-order valence-corrected chi connectivity index (χ1v) is 8.87. The molecule has 0 radical (unpaired) electrons. The molecule has 0 spiro atoms.